The van der Waals surface area contributed by atoms with Crippen LogP contribution in [0.15, 0.2) is 53.0 Å². The lowest BCUT2D eigenvalue weighted by atomic mass is 10.1. The van der Waals surface area contributed by atoms with E-state index in [2.05, 4.69) is 26.6 Å². The number of carbonyl (C=O) groups is 2. The summed E-state index contributed by atoms with van der Waals surface area (Å²) in [5.41, 5.74) is 2.75. The van der Waals surface area contributed by atoms with E-state index in [1.807, 2.05) is 62.4 Å². The number of hydrogen-bond donors (Lipinski definition) is 2. The van der Waals surface area contributed by atoms with E-state index in [0.29, 0.717) is 5.69 Å². The van der Waals surface area contributed by atoms with Crippen molar-refractivity contribution in [2.45, 2.75) is 26.3 Å². The van der Waals surface area contributed by atoms with Gasteiger partial charge in [-0.1, -0.05) is 52.3 Å². The molecule has 0 aliphatic rings. The molecule has 0 fully saturated rings. The second kappa shape index (κ2) is 7.92. The summed E-state index contributed by atoms with van der Waals surface area (Å²) in [5.74, 6) is -0.636. The molecule has 1 atom stereocenters. The third-order valence-electron chi connectivity index (χ3n) is 3.45. The number of hydrogen-bond acceptors (Lipinski definition) is 2. The van der Waals surface area contributed by atoms with E-state index in [1.165, 1.54) is 0 Å². The van der Waals surface area contributed by atoms with Crippen molar-refractivity contribution in [3.8, 4) is 0 Å². The standard InChI is InChI=1S/C18H19BrN2O2/c1-12-8-9-15(10-16(12)19)21-18(23)11-17(22)20-13(2)14-6-4-3-5-7-14/h3-10,13H,11H2,1-2H3,(H,20,22)(H,21,23). The molecule has 0 saturated carbocycles. The van der Waals surface area contributed by atoms with Crippen LogP contribution in [0.5, 0.6) is 0 Å². The van der Waals surface area contributed by atoms with Crippen molar-refractivity contribution >= 4 is 33.4 Å². The zero-order valence-corrected chi connectivity index (χ0v) is 14.7. The molecule has 2 amide bonds. The minimum absolute atomic E-state index is 0.134. The monoisotopic (exact) mass is 374 g/mol. The molecule has 2 N–H and O–H groups in total. The molecule has 5 heteroatoms. The van der Waals surface area contributed by atoms with Gasteiger partial charge in [-0.15, -0.1) is 0 Å². The van der Waals surface area contributed by atoms with Crippen molar-refractivity contribution in [3.05, 3.63) is 64.1 Å². The molecule has 2 rings (SSSR count). The van der Waals surface area contributed by atoms with Crippen LogP contribution < -0.4 is 10.6 Å². The van der Waals surface area contributed by atoms with Crippen LogP contribution in [-0.4, -0.2) is 11.8 Å². The van der Waals surface area contributed by atoms with E-state index in [-0.39, 0.29) is 24.3 Å². The van der Waals surface area contributed by atoms with Crippen LogP contribution in [0, 0.1) is 6.92 Å². The molecule has 2 aromatic carbocycles. The average Bonchev–Trinajstić information content (AvgIpc) is 2.51. The van der Waals surface area contributed by atoms with Gasteiger partial charge in [0, 0.05) is 10.2 Å². The van der Waals surface area contributed by atoms with E-state index in [0.717, 1.165) is 15.6 Å². The Kier molecular flexibility index (Phi) is 5.93. The SMILES string of the molecule is Cc1ccc(NC(=O)CC(=O)NC(C)c2ccccc2)cc1Br. The quantitative estimate of drug-likeness (QED) is 0.778. The fraction of sp³-hybridized carbons (Fsp3) is 0.222. The number of amides is 2. The Bertz CT molecular complexity index is 701. The van der Waals surface area contributed by atoms with Gasteiger partial charge in [-0.05, 0) is 37.1 Å². The van der Waals surface area contributed by atoms with Crippen molar-refractivity contribution in [2.24, 2.45) is 0 Å². The fourth-order valence-corrected chi connectivity index (χ4v) is 2.52. The van der Waals surface area contributed by atoms with Gasteiger partial charge in [0.05, 0.1) is 6.04 Å². The van der Waals surface area contributed by atoms with Crippen molar-refractivity contribution in [1.82, 2.24) is 5.32 Å². The van der Waals surface area contributed by atoms with Gasteiger partial charge in [0.2, 0.25) is 11.8 Å². The highest BCUT2D eigenvalue weighted by Crippen LogP contribution is 2.20. The highest BCUT2D eigenvalue weighted by molar-refractivity contribution is 9.10. The summed E-state index contributed by atoms with van der Waals surface area (Å²) < 4.78 is 0.914. The lowest BCUT2D eigenvalue weighted by molar-refractivity contribution is -0.127. The van der Waals surface area contributed by atoms with Crippen molar-refractivity contribution in [1.29, 1.82) is 0 Å². The van der Waals surface area contributed by atoms with E-state index >= 15 is 0 Å². The Morgan fingerprint density at radius 1 is 1.09 bits per heavy atom. The fourth-order valence-electron chi connectivity index (χ4n) is 2.14. The Labute approximate surface area is 144 Å². The van der Waals surface area contributed by atoms with Crippen LogP contribution in [0.1, 0.15) is 30.5 Å². The van der Waals surface area contributed by atoms with Gasteiger partial charge in [-0.2, -0.15) is 0 Å². The van der Waals surface area contributed by atoms with Crippen LogP contribution in [0.2, 0.25) is 0 Å². The van der Waals surface area contributed by atoms with E-state index < -0.39 is 0 Å². The topological polar surface area (TPSA) is 58.2 Å². The first kappa shape index (κ1) is 17.2. The summed E-state index contributed by atoms with van der Waals surface area (Å²) in [7, 11) is 0. The maximum absolute atomic E-state index is 12.0. The molecule has 0 aromatic heterocycles. The molecule has 2 aromatic rings. The number of benzene rings is 2. The number of nitrogens with one attached hydrogen (secondary N) is 2. The lowest BCUT2D eigenvalue weighted by Gasteiger charge is -2.14. The third kappa shape index (κ3) is 5.21. The third-order valence-corrected chi connectivity index (χ3v) is 4.31. The minimum atomic E-state index is -0.335. The molecule has 0 spiro atoms. The first-order chi connectivity index (χ1) is 11.0. The Morgan fingerprint density at radius 2 is 1.78 bits per heavy atom. The highest BCUT2D eigenvalue weighted by Gasteiger charge is 2.13. The smallest absolute Gasteiger partial charge is 0.233 e. The molecule has 23 heavy (non-hydrogen) atoms. The van der Waals surface area contributed by atoms with E-state index in [4.69, 9.17) is 0 Å². The van der Waals surface area contributed by atoms with Crippen LogP contribution in [-0.2, 0) is 9.59 Å². The predicted molar refractivity (Wildman–Crippen MR) is 95.1 cm³/mol. The Balaban J connectivity index is 1.87. The molecule has 0 radical (unpaired) electrons. The van der Waals surface area contributed by atoms with Gasteiger partial charge in [0.15, 0.2) is 0 Å². The summed E-state index contributed by atoms with van der Waals surface area (Å²) in [6, 6.07) is 15.0. The van der Waals surface area contributed by atoms with Crippen LogP contribution >= 0.6 is 15.9 Å². The van der Waals surface area contributed by atoms with Crippen LogP contribution in [0.25, 0.3) is 0 Å². The van der Waals surface area contributed by atoms with Gasteiger partial charge in [-0.3, -0.25) is 9.59 Å². The number of halogens is 1. The van der Waals surface area contributed by atoms with Crippen LogP contribution in [0.4, 0.5) is 5.69 Å². The maximum atomic E-state index is 12.0. The zero-order chi connectivity index (χ0) is 16.8. The van der Waals surface area contributed by atoms with Gasteiger partial charge in [0.25, 0.3) is 0 Å². The zero-order valence-electron chi connectivity index (χ0n) is 13.1. The maximum Gasteiger partial charge on any atom is 0.233 e. The minimum Gasteiger partial charge on any atom is -0.349 e. The molecule has 0 saturated heterocycles. The first-order valence-corrected chi connectivity index (χ1v) is 8.15. The number of anilines is 1. The Hall–Kier alpha value is -2.14. The normalized spacial score (nSPS) is 11.6. The summed E-state index contributed by atoms with van der Waals surface area (Å²) in [4.78, 5) is 23.9. The largest absolute Gasteiger partial charge is 0.349 e. The van der Waals surface area contributed by atoms with Crippen LogP contribution in [0.3, 0.4) is 0 Å². The number of rotatable bonds is 5. The summed E-state index contributed by atoms with van der Waals surface area (Å²) in [5, 5.41) is 5.55. The molecule has 4 nitrogen and oxygen atoms in total. The molecular formula is C18H19BrN2O2. The first-order valence-electron chi connectivity index (χ1n) is 7.36. The summed E-state index contributed by atoms with van der Waals surface area (Å²) in [6.45, 7) is 3.86. The van der Waals surface area contributed by atoms with E-state index in [9.17, 15) is 9.59 Å². The number of carbonyl (C=O) groups excluding carboxylic acids is 2. The van der Waals surface area contributed by atoms with E-state index in [1.54, 1.807) is 0 Å². The molecular weight excluding hydrogens is 356 g/mol. The van der Waals surface area contributed by atoms with Gasteiger partial charge < -0.3 is 10.6 Å². The van der Waals surface area contributed by atoms with Crippen molar-refractivity contribution in [2.75, 3.05) is 5.32 Å². The van der Waals surface area contributed by atoms with Crippen molar-refractivity contribution < 1.29 is 9.59 Å². The molecule has 120 valence electrons. The summed E-state index contributed by atoms with van der Waals surface area (Å²) in [6.07, 6.45) is -0.206. The highest BCUT2D eigenvalue weighted by atomic mass is 79.9. The van der Waals surface area contributed by atoms with Gasteiger partial charge >= 0.3 is 0 Å². The van der Waals surface area contributed by atoms with Gasteiger partial charge in [0.1, 0.15) is 6.42 Å². The number of aryl methyl sites for hydroxylation is 1. The molecule has 0 aliphatic carbocycles. The lowest BCUT2D eigenvalue weighted by Crippen LogP contribution is -2.30. The molecule has 0 aliphatic heterocycles. The average molecular weight is 375 g/mol. The molecule has 0 heterocycles. The predicted octanol–water partition coefficient (Wildman–Crippen LogP) is 3.96. The second-order valence-corrected chi connectivity index (χ2v) is 6.24. The Morgan fingerprint density at radius 3 is 2.43 bits per heavy atom. The molecule has 0 bridgehead atoms. The molecule has 1 unspecified atom stereocenters. The van der Waals surface area contributed by atoms with Crippen molar-refractivity contribution in [3.63, 3.8) is 0 Å². The second-order valence-electron chi connectivity index (χ2n) is 5.39. The summed E-state index contributed by atoms with van der Waals surface area (Å²) >= 11 is 3.41. The van der Waals surface area contributed by atoms with Gasteiger partial charge in [-0.25, -0.2) is 0 Å².